The van der Waals surface area contributed by atoms with Gasteiger partial charge >= 0.3 is 0 Å². The monoisotopic (exact) mass is 207 g/mol. The number of hydrogen-bond donors (Lipinski definition) is 1. The number of nitrogens with one attached hydrogen (secondary N) is 1. The van der Waals surface area contributed by atoms with Gasteiger partial charge in [0.05, 0.1) is 0 Å². The third-order valence-corrected chi connectivity index (χ3v) is 2.66. The molecule has 2 aromatic heterocycles. The van der Waals surface area contributed by atoms with Crippen LogP contribution in [0.25, 0.3) is 16.7 Å². The highest BCUT2D eigenvalue weighted by Gasteiger charge is 2.10. The van der Waals surface area contributed by atoms with Crippen LogP contribution in [0.5, 0.6) is 0 Å². The molecular formula is C13H9N3. The predicted molar refractivity (Wildman–Crippen MR) is 62.3 cm³/mol. The first-order valence-corrected chi connectivity index (χ1v) is 5.04. The third-order valence-electron chi connectivity index (χ3n) is 2.66. The lowest BCUT2D eigenvalue weighted by atomic mass is 10.2. The first-order valence-electron chi connectivity index (χ1n) is 5.04. The number of rotatable bonds is 1. The van der Waals surface area contributed by atoms with E-state index in [1.54, 1.807) is 0 Å². The first-order chi connectivity index (χ1) is 7.90. The average Bonchev–Trinajstić information content (AvgIpc) is 2.95. The van der Waals surface area contributed by atoms with Gasteiger partial charge in [0.25, 0.3) is 0 Å². The zero-order valence-corrected chi connectivity index (χ0v) is 8.51. The Balaban J connectivity index is 2.38. The number of fused-ring (bicyclic) bond motifs is 1. The number of hydrogen-bond acceptors (Lipinski definition) is 1. The lowest BCUT2D eigenvalue weighted by Crippen LogP contribution is -1.92. The fourth-order valence-corrected chi connectivity index (χ4v) is 1.92. The van der Waals surface area contributed by atoms with Gasteiger partial charge in [0, 0.05) is 23.3 Å². The van der Waals surface area contributed by atoms with Crippen molar-refractivity contribution in [2.45, 2.75) is 0 Å². The Morgan fingerprint density at radius 2 is 1.81 bits per heavy atom. The molecule has 0 aliphatic rings. The molecule has 3 aromatic rings. The van der Waals surface area contributed by atoms with Crippen LogP contribution in [0.2, 0.25) is 0 Å². The van der Waals surface area contributed by atoms with Crippen LogP contribution in [0.3, 0.4) is 0 Å². The van der Waals surface area contributed by atoms with Gasteiger partial charge < -0.3 is 9.55 Å². The second-order valence-electron chi connectivity index (χ2n) is 3.60. The van der Waals surface area contributed by atoms with Crippen LogP contribution in [-0.4, -0.2) is 9.55 Å². The van der Waals surface area contributed by atoms with E-state index in [1.165, 1.54) is 0 Å². The molecule has 76 valence electrons. The molecule has 0 radical (unpaired) electrons. The van der Waals surface area contributed by atoms with E-state index in [4.69, 9.17) is 0 Å². The fourth-order valence-electron chi connectivity index (χ4n) is 1.92. The number of aromatic amines is 1. The lowest BCUT2D eigenvalue weighted by molar-refractivity contribution is 1.03. The van der Waals surface area contributed by atoms with Gasteiger partial charge in [-0.05, 0) is 18.2 Å². The lowest BCUT2D eigenvalue weighted by Gasteiger charge is -1.98. The summed E-state index contributed by atoms with van der Waals surface area (Å²) in [6.07, 6.45) is 3.84. The van der Waals surface area contributed by atoms with E-state index in [-0.39, 0.29) is 0 Å². The van der Waals surface area contributed by atoms with Crippen LogP contribution in [0.1, 0.15) is 5.56 Å². The summed E-state index contributed by atoms with van der Waals surface area (Å²) in [6, 6.07) is 14.0. The van der Waals surface area contributed by atoms with Crippen molar-refractivity contribution in [2.75, 3.05) is 0 Å². The summed E-state index contributed by atoms with van der Waals surface area (Å²) in [5.41, 5.74) is 1.68. The zero-order valence-electron chi connectivity index (χ0n) is 8.51. The summed E-state index contributed by atoms with van der Waals surface area (Å²) in [6.45, 7) is 0. The number of para-hydroxylation sites is 1. The van der Waals surface area contributed by atoms with Gasteiger partial charge in [0.2, 0.25) is 0 Å². The molecule has 0 aliphatic carbocycles. The maximum Gasteiger partial charge on any atom is 0.133 e. The highest BCUT2D eigenvalue weighted by Crippen LogP contribution is 2.24. The Hall–Kier alpha value is -2.47. The quantitative estimate of drug-likeness (QED) is 0.655. The van der Waals surface area contributed by atoms with E-state index in [0.717, 1.165) is 16.7 Å². The standard InChI is InChI=1S/C13H9N3/c14-9-11-10-5-1-2-6-12(10)15-13(11)16-7-3-4-8-16/h1-8,15H. The van der Waals surface area contributed by atoms with Crippen LogP contribution in [0, 0.1) is 11.3 Å². The van der Waals surface area contributed by atoms with E-state index in [1.807, 2.05) is 53.4 Å². The smallest absolute Gasteiger partial charge is 0.133 e. The normalized spacial score (nSPS) is 10.4. The molecule has 3 rings (SSSR count). The van der Waals surface area contributed by atoms with Crippen LogP contribution in [0.15, 0.2) is 48.8 Å². The first kappa shape index (κ1) is 8.81. The van der Waals surface area contributed by atoms with Crippen molar-refractivity contribution in [1.82, 2.24) is 9.55 Å². The molecule has 1 N–H and O–H groups in total. The fraction of sp³-hybridized carbons (Fsp3) is 0. The maximum atomic E-state index is 9.22. The van der Waals surface area contributed by atoms with Gasteiger partial charge in [0.15, 0.2) is 0 Å². The molecule has 2 heterocycles. The van der Waals surface area contributed by atoms with E-state index in [0.29, 0.717) is 5.56 Å². The van der Waals surface area contributed by atoms with Crippen LogP contribution in [0.4, 0.5) is 0 Å². The highest BCUT2D eigenvalue weighted by atomic mass is 15.0. The van der Waals surface area contributed by atoms with E-state index >= 15 is 0 Å². The molecule has 3 heteroatoms. The van der Waals surface area contributed by atoms with Gasteiger partial charge in [-0.3, -0.25) is 0 Å². The Kier molecular flexibility index (Phi) is 1.81. The molecule has 3 nitrogen and oxygen atoms in total. The van der Waals surface area contributed by atoms with Crippen molar-refractivity contribution in [3.05, 3.63) is 54.4 Å². The number of aromatic nitrogens is 2. The maximum absolute atomic E-state index is 9.22. The largest absolute Gasteiger partial charge is 0.340 e. The van der Waals surface area contributed by atoms with Gasteiger partial charge in [-0.25, -0.2) is 0 Å². The van der Waals surface area contributed by atoms with Gasteiger partial charge in [0.1, 0.15) is 17.5 Å². The Morgan fingerprint density at radius 3 is 2.56 bits per heavy atom. The molecular weight excluding hydrogens is 198 g/mol. The molecule has 0 aliphatic heterocycles. The molecule has 1 aromatic carbocycles. The van der Waals surface area contributed by atoms with E-state index < -0.39 is 0 Å². The predicted octanol–water partition coefficient (Wildman–Crippen LogP) is 2.83. The molecule has 0 saturated carbocycles. The second kappa shape index (κ2) is 3.28. The number of benzene rings is 1. The summed E-state index contributed by atoms with van der Waals surface area (Å²) in [7, 11) is 0. The average molecular weight is 207 g/mol. The van der Waals surface area contributed by atoms with E-state index in [2.05, 4.69) is 11.1 Å². The topological polar surface area (TPSA) is 44.5 Å². The number of H-pyrrole nitrogens is 1. The van der Waals surface area contributed by atoms with Crippen molar-refractivity contribution in [1.29, 1.82) is 5.26 Å². The summed E-state index contributed by atoms with van der Waals surface area (Å²) >= 11 is 0. The molecule has 0 atom stereocenters. The minimum Gasteiger partial charge on any atom is -0.340 e. The number of nitrogens with zero attached hydrogens (tertiary/aromatic N) is 2. The molecule has 0 unspecified atom stereocenters. The molecule has 0 amide bonds. The SMILES string of the molecule is N#Cc1c(-n2cccc2)[nH]c2ccccc12. The van der Waals surface area contributed by atoms with Crippen molar-refractivity contribution < 1.29 is 0 Å². The molecule has 0 saturated heterocycles. The summed E-state index contributed by atoms with van der Waals surface area (Å²) < 4.78 is 1.92. The Morgan fingerprint density at radius 1 is 1.06 bits per heavy atom. The van der Waals surface area contributed by atoms with Gasteiger partial charge in [-0.2, -0.15) is 5.26 Å². The Labute approximate surface area is 92.6 Å². The van der Waals surface area contributed by atoms with Crippen molar-refractivity contribution in [2.24, 2.45) is 0 Å². The van der Waals surface area contributed by atoms with Gasteiger partial charge in [-0.15, -0.1) is 0 Å². The Bertz CT molecular complexity index is 669. The minimum atomic E-state index is 0.687. The molecule has 0 bridgehead atoms. The summed E-state index contributed by atoms with van der Waals surface area (Å²) in [5, 5.41) is 10.2. The van der Waals surface area contributed by atoms with E-state index in [9.17, 15) is 5.26 Å². The summed E-state index contributed by atoms with van der Waals surface area (Å²) in [5.74, 6) is 0.828. The molecule has 0 fully saturated rings. The third kappa shape index (κ3) is 1.14. The second-order valence-corrected chi connectivity index (χ2v) is 3.60. The van der Waals surface area contributed by atoms with Crippen molar-refractivity contribution >= 4 is 10.9 Å². The molecule has 0 spiro atoms. The van der Waals surface area contributed by atoms with Crippen molar-refractivity contribution in [3.8, 4) is 11.9 Å². The van der Waals surface area contributed by atoms with Crippen LogP contribution >= 0.6 is 0 Å². The van der Waals surface area contributed by atoms with Gasteiger partial charge in [-0.1, -0.05) is 18.2 Å². The van der Waals surface area contributed by atoms with Crippen LogP contribution < -0.4 is 0 Å². The van der Waals surface area contributed by atoms with Crippen molar-refractivity contribution in [3.63, 3.8) is 0 Å². The minimum absolute atomic E-state index is 0.687. The molecule has 16 heavy (non-hydrogen) atoms. The number of nitriles is 1. The summed E-state index contributed by atoms with van der Waals surface area (Å²) in [4.78, 5) is 3.26. The van der Waals surface area contributed by atoms with Crippen LogP contribution in [-0.2, 0) is 0 Å². The zero-order chi connectivity index (χ0) is 11.0. The highest BCUT2D eigenvalue weighted by molar-refractivity contribution is 5.89.